The molecule has 17 heavy (non-hydrogen) atoms. The molecular formula is C12H14BrFN2O. The number of amides is 1. The lowest BCUT2D eigenvalue weighted by molar-refractivity contribution is -0.120. The summed E-state index contributed by atoms with van der Waals surface area (Å²) < 4.78 is 13.8. The van der Waals surface area contributed by atoms with Crippen LogP contribution in [0.15, 0.2) is 22.7 Å². The SMILES string of the molecule is O=C(Nc1cc(F)ccc1Br)C1CCNCC1. The molecule has 0 aromatic heterocycles. The minimum atomic E-state index is -0.353. The van der Waals surface area contributed by atoms with Crippen molar-refractivity contribution < 1.29 is 9.18 Å². The van der Waals surface area contributed by atoms with Crippen molar-refractivity contribution in [1.82, 2.24) is 5.32 Å². The van der Waals surface area contributed by atoms with Crippen LogP contribution in [0.3, 0.4) is 0 Å². The van der Waals surface area contributed by atoms with Gasteiger partial charge in [-0.15, -0.1) is 0 Å². The molecule has 1 heterocycles. The molecule has 0 aliphatic carbocycles. The number of benzene rings is 1. The van der Waals surface area contributed by atoms with E-state index < -0.39 is 0 Å². The Morgan fingerprint density at radius 1 is 1.41 bits per heavy atom. The van der Waals surface area contributed by atoms with E-state index in [1.807, 2.05) is 0 Å². The van der Waals surface area contributed by atoms with Crippen molar-refractivity contribution in [2.24, 2.45) is 5.92 Å². The van der Waals surface area contributed by atoms with Gasteiger partial charge in [-0.25, -0.2) is 4.39 Å². The van der Waals surface area contributed by atoms with Gasteiger partial charge in [0.2, 0.25) is 5.91 Å². The van der Waals surface area contributed by atoms with Gasteiger partial charge in [0.15, 0.2) is 0 Å². The maximum absolute atomic E-state index is 13.1. The molecule has 1 aliphatic heterocycles. The molecule has 1 aliphatic rings. The maximum atomic E-state index is 13.1. The smallest absolute Gasteiger partial charge is 0.227 e. The van der Waals surface area contributed by atoms with E-state index in [2.05, 4.69) is 26.6 Å². The number of anilines is 1. The van der Waals surface area contributed by atoms with Gasteiger partial charge < -0.3 is 10.6 Å². The topological polar surface area (TPSA) is 41.1 Å². The van der Waals surface area contributed by atoms with Crippen LogP contribution in [-0.2, 0) is 4.79 Å². The Bertz CT molecular complexity index is 419. The van der Waals surface area contributed by atoms with Gasteiger partial charge in [-0.1, -0.05) is 0 Å². The molecule has 0 saturated carbocycles. The molecule has 5 heteroatoms. The zero-order valence-corrected chi connectivity index (χ0v) is 10.9. The highest BCUT2D eigenvalue weighted by Crippen LogP contribution is 2.24. The highest BCUT2D eigenvalue weighted by atomic mass is 79.9. The molecule has 0 bridgehead atoms. The molecule has 0 unspecified atom stereocenters. The lowest BCUT2D eigenvalue weighted by Crippen LogP contribution is -2.34. The Labute approximate surface area is 108 Å². The van der Waals surface area contributed by atoms with Crippen LogP contribution in [0.5, 0.6) is 0 Å². The Kier molecular flexibility index (Phi) is 4.12. The first kappa shape index (κ1) is 12.5. The largest absolute Gasteiger partial charge is 0.325 e. The number of rotatable bonds is 2. The monoisotopic (exact) mass is 300 g/mol. The molecule has 92 valence electrons. The summed E-state index contributed by atoms with van der Waals surface area (Å²) in [6.45, 7) is 1.73. The highest BCUT2D eigenvalue weighted by Gasteiger charge is 2.21. The van der Waals surface area contributed by atoms with Crippen LogP contribution in [0.4, 0.5) is 10.1 Å². The molecule has 2 N–H and O–H groups in total. The molecule has 1 saturated heterocycles. The van der Waals surface area contributed by atoms with E-state index in [0.717, 1.165) is 25.9 Å². The zero-order valence-electron chi connectivity index (χ0n) is 9.30. The molecule has 1 fully saturated rings. The quantitative estimate of drug-likeness (QED) is 0.881. The molecule has 1 aromatic carbocycles. The third-order valence-electron chi connectivity index (χ3n) is 2.90. The van der Waals surface area contributed by atoms with Crippen molar-refractivity contribution in [3.8, 4) is 0 Å². The first-order valence-corrected chi connectivity index (χ1v) is 6.43. The second-order valence-electron chi connectivity index (χ2n) is 4.14. The average molecular weight is 301 g/mol. The van der Waals surface area contributed by atoms with Crippen LogP contribution in [0.2, 0.25) is 0 Å². The molecule has 2 rings (SSSR count). The van der Waals surface area contributed by atoms with Crippen molar-refractivity contribution in [3.05, 3.63) is 28.5 Å². The number of nitrogens with one attached hydrogen (secondary N) is 2. The fraction of sp³-hybridized carbons (Fsp3) is 0.417. The minimum Gasteiger partial charge on any atom is -0.325 e. The van der Waals surface area contributed by atoms with E-state index in [4.69, 9.17) is 0 Å². The fourth-order valence-corrected chi connectivity index (χ4v) is 2.26. The highest BCUT2D eigenvalue weighted by molar-refractivity contribution is 9.10. The summed E-state index contributed by atoms with van der Waals surface area (Å²) in [7, 11) is 0. The second kappa shape index (κ2) is 5.60. The fourth-order valence-electron chi connectivity index (χ4n) is 1.91. The first-order valence-electron chi connectivity index (χ1n) is 5.63. The molecule has 1 aromatic rings. The van der Waals surface area contributed by atoms with E-state index in [-0.39, 0.29) is 17.6 Å². The average Bonchev–Trinajstić information content (AvgIpc) is 2.35. The van der Waals surface area contributed by atoms with Crippen LogP contribution in [0.25, 0.3) is 0 Å². The maximum Gasteiger partial charge on any atom is 0.227 e. The Balaban J connectivity index is 2.04. The lowest BCUT2D eigenvalue weighted by atomic mass is 9.97. The van der Waals surface area contributed by atoms with Gasteiger partial charge in [0.1, 0.15) is 5.82 Å². The van der Waals surface area contributed by atoms with E-state index >= 15 is 0 Å². The number of hydrogen-bond donors (Lipinski definition) is 2. The van der Waals surface area contributed by atoms with Crippen molar-refractivity contribution in [2.75, 3.05) is 18.4 Å². The van der Waals surface area contributed by atoms with Gasteiger partial charge in [0.25, 0.3) is 0 Å². The predicted octanol–water partition coefficient (Wildman–Crippen LogP) is 2.53. The summed E-state index contributed by atoms with van der Waals surface area (Å²) in [5.41, 5.74) is 0.494. The molecule has 3 nitrogen and oxygen atoms in total. The van der Waals surface area contributed by atoms with Crippen LogP contribution in [-0.4, -0.2) is 19.0 Å². The van der Waals surface area contributed by atoms with Gasteiger partial charge in [0, 0.05) is 10.4 Å². The molecule has 0 spiro atoms. The summed E-state index contributed by atoms with van der Waals surface area (Å²) in [6.07, 6.45) is 1.66. The summed E-state index contributed by atoms with van der Waals surface area (Å²) in [6, 6.07) is 4.26. The van der Waals surface area contributed by atoms with E-state index in [9.17, 15) is 9.18 Å². The molecular weight excluding hydrogens is 287 g/mol. The lowest BCUT2D eigenvalue weighted by Gasteiger charge is -2.22. The predicted molar refractivity (Wildman–Crippen MR) is 68.3 cm³/mol. The molecule has 0 atom stereocenters. The van der Waals surface area contributed by atoms with Gasteiger partial charge in [-0.05, 0) is 60.1 Å². The second-order valence-corrected chi connectivity index (χ2v) is 4.99. The summed E-state index contributed by atoms with van der Waals surface area (Å²) in [4.78, 5) is 11.9. The van der Waals surface area contributed by atoms with Crippen LogP contribution >= 0.6 is 15.9 Å². The summed E-state index contributed by atoms with van der Waals surface area (Å²) in [5, 5.41) is 5.97. The zero-order chi connectivity index (χ0) is 12.3. The Hall–Kier alpha value is -0.940. The normalized spacial score (nSPS) is 16.8. The van der Waals surface area contributed by atoms with Gasteiger partial charge in [-0.3, -0.25) is 4.79 Å². The Morgan fingerprint density at radius 3 is 2.82 bits per heavy atom. The van der Waals surface area contributed by atoms with E-state index in [0.29, 0.717) is 10.2 Å². The van der Waals surface area contributed by atoms with Gasteiger partial charge in [-0.2, -0.15) is 0 Å². The van der Waals surface area contributed by atoms with Crippen molar-refractivity contribution >= 4 is 27.5 Å². The standard InChI is InChI=1S/C12H14BrFN2O/c13-10-2-1-9(14)7-11(10)16-12(17)8-3-5-15-6-4-8/h1-2,7-8,15H,3-6H2,(H,16,17). The number of carbonyl (C=O) groups excluding carboxylic acids is 1. The third kappa shape index (κ3) is 3.26. The summed E-state index contributed by atoms with van der Waals surface area (Å²) >= 11 is 3.29. The van der Waals surface area contributed by atoms with Crippen LogP contribution < -0.4 is 10.6 Å². The van der Waals surface area contributed by atoms with Crippen molar-refractivity contribution in [1.29, 1.82) is 0 Å². The van der Waals surface area contributed by atoms with Gasteiger partial charge >= 0.3 is 0 Å². The number of piperidine rings is 1. The Morgan fingerprint density at radius 2 is 2.12 bits per heavy atom. The van der Waals surface area contributed by atoms with Gasteiger partial charge in [0.05, 0.1) is 5.69 Å². The van der Waals surface area contributed by atoms with Crippen LogP contribution in [0.1, 0.15) is 12.8 Å². The minimum absolute atomic E-state index is 0.0198. The third-order valence-corrected chi connectivity index (χ3v) is 3.59. The summed E-state index contributed by atoms with van der Waals surface area (Å²) in [5.74, 6) is -0.363. The van der Waals surface area contributed by atoms with Crippen LogP contribution in [0, 0.1) is 11.7 Å². The molecule has 1 amide bonds. The van der Waals surface area contributed by atoms with E-state index in [1.54, 1.807) is 6.07 Å². The molecule has 0 radical (unpaired) electrons. The van der Waals surface area contributed by atoms with E-state index in [1.165, 1.54) is 12.1 Å². The van der Waals surface area contributed by atoms with Crippen molar-refractivity contribution in [2.45, 2.75) is 12.8 Å². The van der Waals surface area contributed by atoms with Crippen molar-refractivity contribution in [3.63, 3.8) is 0 Å². The number of halogens is 2. The number of carbonyl (C=O) groups is 1. The first-order chi connectivity index (χ1) is 8.16. The number of hydrogen-bond acceptors (Lipinski definition) is 2.